The van der Waals surface area contributed by atoms with E-state index in [1.165, 1.54) is 6.92 Å². The van der Waals surface area contributed by atoms with E-state index in [9.17, 15) is 9.90 Å². The summed E-state index contributed by atoms with van der Waals surface area (Å²) in [6.45, 7) is 6.89. The van der Waals surface area contributed by atoms with Crippen LogP contribution in [-0.2, 0) is 11.2 Å². The Kier molecular flexibility index (Phi) is 7.58. The number of hydrogen-bond donors (Lipinski definition) is 3. The molecule has 0 radical (unpaired) electrons. The summed E-state index contributed by atoms with van der Waals surface area (Å²) in [5.41, 5.74) is 1.57. The smallest absolute Gasteiger partial charge is 0.217 e. The van der Waals surface area contributed by atoms with Crippen LogP contribution in [0.3, 0.4) is 0 Å². The van der Waals surface area contributed by atoms with E-state index in [1.807, 2.05) is 12.1 Å². The van der Waals surface area contributed by atoms with Gasteiger partial charge in [-0.1, -0.05) is 26.0 Å². The Morgan fingerprint density at radius 1 is 1.27 bits per heavy atom. The van der Waals surface area contributed by atoms with Crippen LogP contribution in [0.4, 0.5) is 0 Å². The largest absolute Gasteiger partial charge is 0.390 e. The first-order valence-electron chi connectivity index (χ1n) is 7.57. The third kappa shape index (κ3) is 6.70. The standard InChI is InChI=1S/C17H25N3O2/c1-12(2)10-19-11-17(22)16(20-13(3)21)8-14-4-6-15(9-18)7-5-14/h4-7,12,16-17,19,22H,8,10-11H2,1-3H3,(H,20,21)/t16?,17-/m1/s1. The van der Waals surface area contributed by atoms with Crippen LogP contribution in [0.2, 0.25) is 0 Å². The molecule has 5 heteroatoms. The van der Waals surface area contributed by atoms with E-state index >= 15 is 0 Å². The van der Waals surface area contributed by atoms with Gasteiger partial charge in [-0.25, -0.2) is 0 Å². The number of carbonyl (C=O) groups excluding carboxylic acids is 1. The molecule has 0 aromatic heterocycles. The number of benzene rings is 1. The van der Waals surface area contributed by atoms with Crippen molar-refractivity contribution in [3.05, 3.63) is 35.4 Å². The molecule has 0 bridgehead atoms. The van der Waals surface area contributed by atoms with Crippen molar-refractivity contribution in [2.75, 3.05) is 13.1 Å². The van der Waals surface area contributed by atoms with Crippen molar-refractivity contribution in [1.82, 2.24) is 10.6 Å². The molecule has 1 rings (SSSR count). The molecule has 0 aliphatic heterocycles. The zero-order valence-electron chi connectivity index (χ0n) is 13.5. The van der Waals surface area contributed by atoms with Crippen LogP contribution in [-0.4, -0.2) is 36.2 Å². The molecule has 0 aliphatic rings. The van der Waals surface area contributed by atoms with Gasteiger partial charge >= 0.3 is 0 Å². The number of nitriles is 1. The molecule has 0 aliphatic carbocycles. The molecule has 22 heavy (non-hydrogen) atoms. The van der Waals surface area contributed by atoms with Gasteiger partial charge in [-0.15, -0.1) is 0 Å². The first-order valence-corrected chi connectivity index (χ1v) is 7.57. The minimum atomic E-state index is -0.668. The molecule has 0 saturated carbocycles. The fourth-order valence-electron chi connectivity index (χ4n) is 2.18. The lowest BCUT2D eigenvalue weighted by Crippen LogP contribution is -2.48. The van der Waals surface area contributed by atoms with Crippen LogP contribution in [0, 0.1) is 17.2 Å². The maximum atomic E-state index is 11.3. The van der Waals surface area contributed by atoms with Crippen molar-refractivity contribution in [2.45, 2.75) is 39.3 Å². The Morgan fingerprint density at radius 2 is 1.91 bits per heavy atom. The lowest BCUT2D eigenvalue weighted by atomic mass is 10.00. The monoisotopic (exact) mass is 303 g/mol. The number of rotatable bonds is 8. The van der Waals surface area contributed by atoms with Crippen LogP contribution in [0.15, 0.2) is 24.3 Å². The van der Waals surface area contributed by atoms with Gasteiger partial charge in [0.1, 0.15) is 0 Å². The molecule has 0 saturated heterocycles. The predicted octanol–water partition coefficient (Wildman–Crippen LogP) is 1.21. The molecular formula is C17H25N3O2. The Balaban J connectivity index is 2.66. The van der Waals surface area contributed by atoms with E-state index < -0.39 is 6.10 Å². The van der Waals surface area contributed by atoms with Gasteiger partial charge in [-0.3, -0.25) is 4.79 Å². The van der Waals surface area contributed by atoms with Crippen LogP contribution in [0.1, 0.15) is 31.9 Å². The maximum absolute atomic E-state index is 11.3. The van der Waals surface area contributed by atoms with E-state index in [4.69, 9.17) is 5.26 Å². The maximum Gasteiger partial charge on any atom is 0.217 e. The fraction of sp³-hybridized carbons (Fsp3) is 0.529. The van der Waals surface area contributed by atoms with Gasteiger partial charge in [0.25, 0.3) is 0 Å². The summed E-state index contributed by atoms with van der Waals surface area (Å²) in [4.78, 5) is 11.3. The summed E-state index contributed by atoms with van der Waals surface area (Å²) in [5.74, 6) is 0.339. The Morgan fingerprint density at radius 3 is 2.41 bits per heavy atom. The zero-order chi connectivity index (χ0) is 16.5. The normalized spacial score (nSPS) is 13.5. The lowest BCUT2D eigenvalue weighted by Gasteiger charge is -2.24. The summed E-state index contributed by atoms with van der Waals surface area (Å²) in [5, 5.41) is 25.1. The molecule has 0 fully saturated rings. The van der Waals surface area contributed by atoms with Gasteiger partial charge in [0, 0.05) is 13.5 Å². The van der Waals surface area contributed by atoms with Crippen molar-refractivity contribution in [1.29, 1.82) is 5.26 Å². The number of nitrogens with zero attached hydrogens (tertiary/aromatic N) is 1. The summed E-state index contributed by atoms with van der Waals surface area (Å²) in [7, 11) is 0. The minimum Gasteiger partial charge on any atom is -0.390 e. The third-order valence-electron chi connectivity index (χ3n) is 3.30. The summed E-state index contributed by atoms with van der Waals surface area (Å²) < 4.78 is 0. The van der Waals surface area contributed by atoms with Crippen molar-refractivity contribution < 1.29 is 9.90 Å². The van der Waals surface area contributed by atoms with Crippen molar-refractivity contribution in [3.63, 3.8) is 0 Å². The summed E-state index contributed by atoms with van der Waals surface area (Å²) in [6, 6.07) is 8.89. The summed E-state index contributed by atoms with van der Waals surface area (Å²) in [6.07, 6.45) is -0.145. The lowest BCUT2D eigenvalue weighted by molar-refractivity contribution is -0.120. The van der Waals surface area contributed by atoms with E-state index in [1.54, 1.807) is 12.1 Å². The predicted molar refractivity (Wildman–Crippen MR) is 86.2 cm³/mol. The van der Waals surface area contributed by atoms with Gasteiger partial charge in [0.2, 0.25) is 5.91 Å². The molecule has 1 aromatic rings. The number of aliphatic hydroxyl groups excluding tert-OH is 1. The van der Waals surface area contributed by atoms with Crippen LogP contribution >= 0.6 is 0 Å². The second-order valence-electron chi connectivity index (χ2n) is 5.94. The van der Waals surface area contributed by atoms with Gasteiger partial charge in [-0.05, 0) is 36.6 Å². The Hall–Kier alpha value is -1.90. The second kappa shape index (κ2) is 9.19. The summed E-state index contributed by atoms with van der Waals surface area (Å²) >= 11 is 0. The van der Waals surface area contributed by atoms with Gasteiger partial charge in [0.05, 0.1) is 23.8 Å². The topological polar surface area (TPSA) is 85.2 Å². The quantitative estimate of drug-likeness (QED) is 0.674. The van der Waals surface area contributed by atoms with Crippen molar-refractivity contribution in [2.24, 2.45) is 5.92 Å². The minimum absolute atomic E-state index is 0.165. The van der Waals surface area contributed by atoms with Crippen LogP contribution in [0.5, 0.6) is 0 Å². The molecule has 0 heterocycles. The molecule has 120 valence electrons. The average Bonchev–Trinajstić information content (AvgIpc) is 2.46. The highest BCUT2D eigenvalue weighted by atomic mass is 16.3. The van der Waals surface area contributed by atoms with E-state index in [0.29, 0.717) is 24.4 Å². The fourth-order valence-corrected chi connectivity index (χ4v) is 2.18. The number of hydrogen-bond acceptors (Lipinski definition) is 4. The number of aliphatic hydroxyl groups is 1. The molecule has 5 nitrogen and oxygen atoms in total. The van der Waals surface area contributed by atoms with Crippen LogP contribution < -0.4 is 10.6 Å². The number of nitrogens with one attached hydrogen (secondary N) is 2. The first kappa shape index (κ1) is 18.1. The van der Waals surface area contributed by atoms with Gasteiger partial charge in [-0.2, -0.15) is 5.26 Å². The van der Waals surface area contributed by atoms with Crippen molar-refractivity contribution >= 4 is 5.91 Å². The average molecular weight is 303 g/mol. The molecule has 0 spiro atoms. The Labute approximate surface area is 132 Å². The Bertz CT molecular complexity index is 506. The third-order valence-corrected chi connectivity index (χ3v) is 3.30. The van der Waals surface area contributed by atoms with Crippen molar-refractivity contribution in [3.8, 4) is 6.07 Å². The highest BCUT2D eigenvalue weighted by Crippen LogP contribution is 2.09. The number of amides is 1. The zero-order valence-corrected chi connectivity index (χ0v) is 13.5. The van der Waals surface area contributed by atoms with E-state index in [-0.39, 0.29) is 11.9 Å². The molecule has 3 N–H and O–H groups in total. The first-order chi connectivity index (χ1) is 10.4. The van der Waals surface area contributed by atoms with E-state index in [2.05, 4.69) is 30.6 Å². The highest BCUT2D eigenvalue weighted by Gasteiger charge is 2.20. The molecule has 1 amide bonds. The highest BCUT2D eigenvalue weighted by molar-refractivity contribution is 5.73. The molecule has 1 aromatic carbocycles. The molecular weight excluding hydrogens is 278 g/mol. The second-order valence-corrected chi connectivity index (χ2v) is 5.94. The van der Waals surface area contributed by atoms with E-state index in [0.717, 1.165) is 12.1 Å². The van der Waals surface area contributed by atoms with Gasteiger partial charge in [0.15, 0.2) is 0 Å². The molecule has 2 atom stereocenters. The van der Waals surface area contributed by atoms with Gasteiger partial charge < -0.3 is 15.7 Å². The number of carbonyl (C=O) groups is 1. The SMILES string of the molecule is CC(=O)NC(Cc1ccc(C#N)cc1)[C@H](O)CNCC(C)C. The van der Waals surface area contributed by atoms with Crippen LogP contribution in [0.25, 0.3) is 0 Å². The molecule has 1 unspecified atom stereocenters.